The minimum absolute atomic E-state index is 0.243. The molecule has 0 N–H and O–H groups in total. The molecule has 2 saturated heterocycles. The number of ether oxygens (including phenoxy) is 1. The van der Waals surface area contributed by atoms with E-state index in [1.807, 2.05) is 13.0 Å². The Kier molecular flexibility index (Phi) is 3.41. The first-order valence-corrected chi connectivity index (χ1v) is 7.04. The number of hydrogen-bond donors (Lipinski definition) is 0. The van der Waals surface area contributed by atoms with Crippen molar-refractivity contribution in [1.82, 2.24) is 15.1 Å². The topological polar surface area (TPSA) is 41.5 Å². The summed E-state index contributed by atoms with van der Waals surface area (Å²) in [5, 5.41) is 8.43. The highest BCUT2D eigenvalue weighted by Crippen LogP contribution is 2.31. The van der Waals surface area contributed by atoms with Gasteiger partial charge in [0.05, 0.1) is 18.9 Å². The smallest absolute Gasteiger partial charge is 0.151 e. The quantitative estimate of drug-likeness (QED) is 0.758. The van der Waals surface area contributed by atoms with Crippen molar-refractivity contribution in [3.8, 4) is 0 Å². The van der Waals surface area contributed by atoms with Crippen LogP contribution in [0.4, 0.5) is 5.82 Å². The Hall–Kier alpha value is -1.20. The van der Waals surface area contributed by atoms with Gasteiger partial charge in [-0.15, -0.1) is 5.10 Å². The fourth-order valence-electron chi connectivity index (χ4n) is 3.05. The van der Waals surface area contributed by atoms with Crippen LogP contribution in [0.3, 0.4) is 0 Å². The highest BCUT2D eigenvalue weighted by Gasteiger charge is 2.40. The first-order valence-electron chi connectivity index (χ1n) is 7.04. The van der Waals surface area contributed by atoms with Crippen molar-refractivity contribution < 1.29 is 4.74 Å². The van der Waals surface area contributed by atoms with Crippen molar-refractivity contribution in [3.63, 3.8) is 0 Å². The first kappa shape index (κ1) is 12.8. The average Bonchev–Trinajstić information content (AvgIpc) is 2.44. The number of hydrogen-bond acceptors (Lipinski definition) is 5. The number of morpholine rings is 1. The van der Waals surface area contributed by atoms with E-state index in [2.05, 4.69) is 33.1 Å². The van der Waals surface area contributed by atoms with Crippen LogP contribution in [-0.2, 0) is 4.74 Å². The zero-order chi connectivity index (χ0) is 13.3. The molecule has 1 aromatic rings. The van der Waals surface area contributed by atoms with Crippen molar-refractivity contribution >= 4 is 5.82 Å². The van der Waals surface area contributed by atoms with Gasteiger partial charge in [0.2, 0.25) is 0 Å². The number of anilines is 1. The second kappa shape index (κ2) is 5.06. The van der Waals surface area contributed by atoms with Crippen molar-refractivity contribution in [2.24, 2.45) is 0 Å². The number of piperidine rings is 1. The predicted molar refractivity (Wildman–Crippen MR) is 74.4 cm³/mol. The van der Waals surface area contributed by atoms with E-state index >= 15 is 0 Å². The van der Waals surface area contributed by atoms with Gasteiger partial charge in [-0.3, -0.25) is 4.90 Å². The fraction of sp³-hybridized carbons (Fsp3) is 0.714. The van der Waals surface area contributed by atoms with Gasteiger partial charge < -0.3 is 9.64 Å². The third-order valence-corrected chi connectivity index (χ3v) is 4.55. The second-order valence-corrected chi connectivity index (χ2v) is 5.72. The number of likely N-dealkylation sites (N-methyl/N-ethyl adjacent to an activating group) is 1. The summed E-state index contributed by atoms with van der Waals surface area (Å²) in [5.74, 6) is 1.000. The van der Waals surface area contributed by atoms with Gasteiger partial charge in [-0.05, 0) is 38.9 Å². The summed E-state index contributed by atoms with van der Waals surface area (Å²) < 4.78 is 5.70. The van der Waals surface area contributed by atoms with Crippen LogP contribution < -0.4 is 4.90 Å². The van der Waals surface area contributed by atoms with Crippen LogP contribution in [0.2, 0.25) is 0 Å². The Morgan fingerprint density at radius 1 is 1.16 bits per heavy atom. The molecule has 1 aromatic heterocycles. The van der Waals surface area contributed by atoms with Gasteiger partial charge in [-0.1, -0.05) is 0 Å². The lowest BCUT2D eigenvalue weighted by molar-refractivity contribution is -0.0669. The number of nitrogens with zero attached hydrogens (tertiary/aromatic N) is 4. The normalized spacial score (nSPS) is 23.8. The van der Waals surface area contributed by atoms with Crippen LogP contribution >= 0.6 is 0 Å². The molecule has 19 heavy (non-hydrogen) atoms. The van der Waals surface area contributed by atoms with Crippen molar-refractivity contribution in [2.75, 3.05) is 44.8 Å². The van der Waals surface area contributed by atoms with E-state index < -0.39 is 0 Å². The van der Waals surface area contributed by atoms with E-state index in [0.717, 1.165) is 57.2 Å². The summed E-state index contributed by atoms with van der Waals surface area (Å²) in [5.41, 5.74) is 1.21. The average molecular weight is 262 g/mol. The van der Waals surface area contributed by atoms with Crippen molar-refractivity contribution in [2.45, 2.75) is 25.3 Å². The highest BCUT2D eigenvalue weighted by atomic mass is 16.5. The molecule has 104 valence electrons. The van der Waals surface area contributed by atoms with Gasteiger partial charge in [0.15, 0.2) is 5.82 Å². The molecule has 5 heteroatoms. The minimum Gasteiger partial charge on any atom is -0.378 e. The summed E-state index contributed by atoms with van der Waals surface area (Å²) >= 11 is 0. The Labute approximate surface area is 114 Å². The molecule has 0 amide bonds. The van der Waals surface area contributed by atoms with Crippen LogP contribution in [-0.4, -0.2) is 60.5 Å². The maximum absolute atomic E-state index is 5.70. The van der Waals surface area contributed by atoms with Gasteiger partial charge >= 0.3 is 0 Å². The molecule has 3 heterocycles. The van der Waals surface area contributed by atoms with Gasteiger partial charge in [0.25, 0.3) is 0 Å². The SMILES string of the molecule is Cc1ccc(N2CCC3(CC2)COCCN3C)nn1. The molecule has 2 aliphatic heterocycles. The van der Waals surface area contributed by atoms with Gasteiger partial charge in [0, 0.05) is 25.2 Å². The second-order valence-electron chi connectivity index (χ2n) is 5.72. The lowest BCUT2D eigenvalue weighted by atomic mass is 9.86. The summed E-state index contributed by atoms with van der Waals surface area (Å²) in [6.45, 7) is 6.82. The molecule has 0 atom stereocenters. The van der Waals surface area contributed by atoms with E-state index in [4.69, 9.17) is 4.74 Å². The van der Waals surface area contributed by atoms with E-state index in [9.17, 15) is 0 Å². The molecule has 0 saturated carbocycles. The molecule has 1 spiro atoms. The van der Waals surface area contributed by atoms with Crippen molar-refractivity contribution in [1.29, 1.82) is 0 Å². The molecule has 3 rings (SSSR count). The summed E-state index contributed by atoms with van der Waals surface area (Å²) in [7, 11) is 2.23. The molecule has 0 aliphatic carbocycles. The fourth-order valence-corrected chi connectivity index (χ4v) is 3.05. The standard InChI is InChI=1S/C14H22N4O/c1-12-3-4-13(16-15-12)18-7-5-14(6-8-18)11-19-10-9-17(14)2/h3-4H,5-11H2,1-2H3. The van der Waals surface area contributed by atoms with E-state index in [-0.39, 0.29) is 5.54 Å². The van der Waals surface area contributed by atoms with Crippen LogP contribution in [0.15, 0.2) is 12.1 Å². The molecule has 0 unspecified atom stereocenters. The Morgan fingerprint density at radius 2 is 1.95 bits per heavy atom. The molecule has 2 fully saturated rings. The van der Waals surface area contributed by atoms with E-state index in [0.29, 0.717) is 0 Å². The molecule has 0 radical (unpaired) electrons. The monoisotopic (exact) mass is 262 g/mol. The summed E-state index contributed by atoms with van der Waals surface area (Å²) in [4.78, 5) is 4.81. The third-order valence-electron chi connectivity index (χ3n) is 4.55. The van der Waals surface area contributed by atoms with Gasteiger partial charge in [0.1, 0.15) is 0 Å². The first-order chi connectivity index (χ1) is 9.20. The largest absolute Gasteiger partial charge is 0.378 e. The summed E-state index contributed by atoms with van der Waals surface area (Å²) in [6, 6.07) is 4.10. The molecular formula is C14H22N4O. The zero-order valence-electron chi connectivity index (χ0n) is 11.8. The maximum Gasteiger partial charge on any atom is 0.151 e. The van der Waals surface area contributed by atoms with Crippen LogP contribution in [0, 0.1) is 6.92 Å². The number of aryl methyl sites for hydroxylation is 1. The third kappa shape index (κ3) is 2.44. The number of rotatable bonds is 1. The van der Waals surface area contributed by atoms with Crippen LogP contribution in [0.5, 0.6) is 0 Å². The van der Waals surface area contributed by atoms with Crippen LogP contribution in [0.1, 0.15) is 18.5 Å². The van der Waals surface area contributed by atoms with Gasteiger partial charge in [-0.25, -0.2) is 0 Å². The zero-order valence-corrected chi connectivity index (χ0v) is 11.8. The lowest BCUT2D eigenvalue weighted by Gasteiger charge is -2.49. The number of aromatic nitrogens is 2. The van der Waals surface area contributed by atoms with E-state index in [1.54, 1.807) is 0 Å². The summed E-state index contributed by atoms with van der Waals surface area (Å²) in [6.07, 6.45) is 2.28. The van der Waals surface area contributed by atoms with E-state index in [1.165, 1.54) is 0 Å². The Balaban J connectivity index is 1.67. The Morgan fingerprint density at radius 3 is 2.58 bits per heavy atom. The van der Waals surface area contributed by atoms with Crippen LogP contribution in [0.25, 0.3) is 0 Å². The van der Waals surface area contributed by atoms with Gasteiger partial charge in [-0.2, -0.15) is 5.10 Å². The minimum atomic E-state index is 0.243. The predicted octanol–water partition coefficient (Wildman–Crippen LogP) is 1.09. The molecule has 0 bridgehead atoms. The highest BCUT2D eigenvalue weighted by molar-refractivity contribution is 5.38. The van der Waals surface area contributed by atoms with Crippen molar-refractivity contribution in [3.05, 3.63) is 17.8 Å². The molecule has 0 aromatic carbocycles. The Bertz CT molecular complexity index is 426. The molecular weight excluding hydrogens is 240 g/mol. The lowest BCUT2D eigenvalue weighted by Crippen LogP contribution is -2.60. The molecule has 2 aliphatic rings. The molecule has 5 nitrogen and oxygen atoms in total. The maximum atomic E-state index is 5.70.